The molecule has 0 unspecified atom stereocenters. The van der Waals surface area contributed by atoms with Gasteiger partial charge < -0.3 is 0 Å². The summed E-state index contributed by atoms with van der Waals surface area (Å²) in [5, 5.41) is 10.5. The number of hydrogen-bond acceptors (Lipinski definition) is 6. The molecule has 0 saturated heterocycles. The molecule has 2 aromatic rings. The highest BCUT2D eigenvalue weighted by Crippen LogP contribution is 2.25. The number of carbonyl (C=O) groups excluding carboxylic acids is 1. The molecular formula is C13H14Cl2N4O3S2. The molecule has 0 radical (unpaired) electrons. The van der Waals surface area contributed by atoms with Crippen molar-refractivity contribution < 1.29 is 13.2 Å². The van der Waals surface area contributed by atoms with Gasteiger partial charge in [0.1, 0.15) is 0 Å². The molecule has 0 aliphatic rings. The minimum absolute atomic E-state index is 0.0664. The number of aromatic nitrogens is 2. The van der Waals surface area contributed by atoms with Crippen molar-refractivity contribution in [1.29, 1.82) is 0 Å². The highest BCUT2D eigenvalue weighted by atomic mass is 35.5. The Morgan fingerprint density at radius 3 is 2.50 bits per heavy atom. The van der Waals surface area contributed by atoms with Crippen LogP contribution in [0.4, 0.5) is 5.13 Å². The first-order valence-electron chi connectivity index (χ1n) is 6.89. The van der Waals surface area contributed by atoms with Gasteiger partial charge in [0.15, 0.2) is 0 Å². The Kier molecular flexibility index (Phi) is 6.16. The summed E-state index contributed by atoms with van der Waals surface area (Å²) in [5.74, 6) is -0.528. The van der Waals surface area contributed by atoms with Crippen LogP contribution in [0.1, 0.15) is 24.2 Å². The average molecular weight is 409 g/mol. The smallest absolute Gasteiger partial charge is 0.272 e. The van der Waals surface area contributed by atoms with Gasteiger partial charge in [-0.15, -0.1) is 10.2 Å². The molecule has 0 fully saturated rings. The van der Waals surface area contributed by atoms with Crippen molar-refractivity contribution in [3.63, 3.8) is 0 Å². The van der Waals surface area contributed by atoms with Gasteiger partial charge in [-0.25, -0.2) is 8.42 Å². The predicted octanol–water partition coefficient (Wildman–Crippen LogP) is 3.13. The number of sulfonamides is 1. The highest BCUT2D eigenvalue weighted by molar-refractivity contribution is 7.91. The van der Waals surface area contributed by atoms with Gasteiger partial charge in [-0.2, -0.15) is 4.31 Å². The monoisotopic (exact) mass is 408 g/mol. The number of anilines is 1. The lowest BCUT2D eigenvalue weighted by Crippen LogP contribution is -2.30. The van der Waals surface area contributed by atoms with E-state index >= 15 is 0 Å². The lowest BCUT2D eigenvalue weighted by molar-refractivity contribution is 0.102. The van der Waals surface area contributed by atoms with Crippen LogP contribution in [0.3, 0.4) is 0 Å². The Morgan fingerprint density at radius 1 is 1.25 bits per heavy atom. The quantitative estimate of drug-likeness (QED) is 0.740. The topological polar surface area (TPSA) is 92.3 Å². The van der Waals surface area contributed by atoms with E-state index in [0.29, 0.717) is 18.1 Å². The molecule has 0 bridgehead atoms. The van der Waals surface area contributed by atoms with E-state index in [1.54, 1.807) is 13.8 Å². The number of nitrogens with one attached hydrogen (secondary N) is 1. The molecule has 1 aromatic heterocycles. The molecule has 1 amide bonds. The van der Waals surface area contributed by atoms with Crippen molar-refractivity contribution in [3.8, 4) is 0 Å². The maximum Gasteiger partial charge on any atom is 0.272 e. The summed E-state index contributed by atoms with van der Waals surface area (Å²) in [7, 11) is -3.71. The molecular weight excluding hydrogens is 395 g/mol. The Hall–Kier alpha value is -1.26. The molecule has 130 valence electrons. The second-order valence-corrected chi connectivity index (χ2v) is 8.47. The first kappa shape index (κ1) is 19.1. The van der Waals surface area contributed by atoms with E-state index in [9.17, 15) is 13.2 Å². The van der Waals surface area contributed by atoms with Crippen LogP contribution < -0.4 is 5.32 Å². The number of rotatable bonds is 6. The minimum Gasteiger partial charge on any atom is -0.296 e. The standard InChI is InChI=1S/C13H14Cl2N4O3S2/c1-3-19(4-2)24(21,22)13-18-17-12(23-13)16-11(20)9-6-5-8(14)7-10(9)15/h5-7H,3-4H2,1-2H3,(H,16,17,20). The van der Waals surface area contributed by atoms with Crippen LogP contribution in [0.5, 0.6) is 0 Å². The fourth-order valence-electron chi connectivity index (χ4n) is 1.88. The molecule has 0 aliphatic carbocycles. The normalized spacial score (nSPS) is 11.7. The van der Waals surface area contributed by atoms with Crippen LogP contribution in [-0.4, -0.2) is 41.9 Å². The van der Waals surface area contributed by atoms with E-state index in [1.807, 2.05) is 0 Å². The number of amides is 1. The van der Waals surface area contributed by atoms with Crippen LogP contribution >= 0.6 is 34.5 Å². The predicted molar refractivity (Wildman–Crippen MR) is 94.4 cm³/mol. The Labute approximate surface area is 153 Å². The van der Waals surface area contributed by atoms with E-state index < -0.39 is 15.9 Å². The van der Waals surface area contributed by atoms with Crippen molar-refractivity contribution >= 4 is 55.6 Å². The maximum atomic E-state index is 12.3. The summed E-state index contributed by atoms with van der Waals surface area (Å²) in [5.41, 5.74) is 0.199. The largest absolute Gasteiger partial charge is 0.296 e. The summed E-state index contributed by atoms with van der Waals surface area (Å²) in [4.78, 5) is 12.2. The molecule has 24 heavy (non-hydrogen) atoms. The van der Waals surface area contributed by atoms with Gasteiger partial charge in [0.2, 0.25) is 9.47 Å². The molecule has 7 nitrogen and oxygen atoms in total. The van der Waals surface area contributed by atoms with Crippen molar-refractivity contribution in [2.24, 2.45) is 0 Å². The molecule has 2 rings (SSSR count). The summed E-state index contributed by atoms with van der Waals surface area (Å²) < 4.78 is 25.8. The van der Waals surface area contributed by atoms with Gasteiger partial charge in [-0.1, -0.05) is 48.4 Å². The van der Waals surface area contributed by atoms with Gasteiger partial charge in [0.25, 0.3) is 15.9 Å². The first-order valence-corrected chi connectivity index (χ1v) is 9.90. The van der Waals surface area contributed by atoms with Crippen LogP contribution in [0.2, 0.25) is 10.0 Å². The molecule has 0 atom stereocenters. The minimum atomic E-state index is -3.71. The third kappa shape index (κ3) is 4.04. The van der Waals surface area contributed by atoms with E-state index in [2.05, 4.69) is 15.5 Å². The number of hydrogen-bond donors (Lipinski definition) is 1. The van der Waals surface area contributed by atoms with Crippen LogP contribution in [0, 0.1) is 0 Å². The van der Waals surface area contributed by atoms with E-state index in [4.69, 9.17) is 23.2 Å². The third-order valence-corrected chi connectivity index (χ3v) is 6.85. The number of benzene rings is 1. The lowest BCUT2D eigenvalue weighted by Gasteiger charge is -2.15. The van der Waals surface area contributed by atoms with Crippen molar-refractivity contribution in [2.45, 2.75) is 18.2 Å². The highest BCUT2D eigenvalue weighted by Gasteiger charge is 2.26. The fourth-order valence-corrected chi connectivity index (χ4v) is 4.86. The number of nitrogens with zero attached hydrogens (tertiary/aromatic N) is 3. The van der Waals surface area contributed by atoms with Crippen LogP contribution in [0.15, 0.2) is 22.5 Å². The Balaban J connectivity index is 2.21. The number of carbonyl (C=O) groups is 1. The lowest BCUT2D eigenvalue weighted by atomic mass is 10.2. The van der Waals surface area contributed by atoms with Crippen molar-refractivity contribution in [2.75, 3.05) is 18.4 Å². The third-order valence-electron chi connectivity index (χ3n) is 3.07. The van der Waals surface area contributed by atoms with E-state index in [1.165, 1.54) is 22.5 Å². The van der Waals surface area contributed by atoms with Crippen molar-refractivity contribution in [3.05, 3.63) is 33.8 Å². The van der Waals surface area contributed by atoms with Gasteiger partial charge in [0, 0.05) is 18.1 Å². The summed E-state index contributed by atoms with van der Waals surface area (Å²) in [6.45, 7) is 4.10. The van der Waals surface area contributed by atoms with Gasteiger partial charge in [0.05, 0.1) is 10.6 Å². The second kappa shape index (κ2) is 7.75. The Bertz CT molecular complexity index is 851. The first-order chi connectivity index (χ1) is 11.3. The molecule has 0 aliphatic heterocycles. The molecule has 0 saturated carbocycles. The molecule has 1 N–H and O–H groups in total. The molecule has 11 heteroatoms. The summed E-state index contributed by atoms with van der Waals surface area (Å²) in [6, 6.07) is 4.43. The van der Waals surface area contributed by atoms with Gasteiger partial charge in [-0.3, -0.25) is 10.1 Å². The summed E-state index contributed by atoms with van der Waals surface area (Å²) >= 11 is 12.5. The maximum absolute atomic E-state index is 12.3. The number of halogens is 2. The SMILES string of the molecule is CCN(CC)S(=O)(=O)c1nnc(NC(=O)c2ccc(Cl)cc2Cl)s1. The summed E-state index contributed by atoms with van der Waals surface area (Å²) in [6.07, 6.45) is 0. The zero-order valence-corrected chi connectivity index (χ0v) is 15.9. The second-order valence-electron chi connectivity index (χ2n) is 4.54. The van der Waals surface area contributed by atoms with Gasteiger partial charge in [-0.05, 0) is 18.2 Å². The fraction of sp³-hybridized carbons (Fsp3) is 0.308. The van der Waals surface area contributed by atoms with E-state index in [-0.39, 0.29) is 20.1 Å². The van der Waals surface area contributed by atoms with Crippen LogP contribution in [-0.2, 0) is 10.0 Å². The van der Waals surface area contributed by atoms with Crippen molar-refractivity contribution in [1.82, 2.24) is 14.5 Å². The Morgan fingerprint density at radius 2 is 1.92 bits per heavy atom. The molecule has 1 heterocycles. The molecule has 1 aromatic carbocycles. The van der Waals surface area contributed by atoms with Gasteiger partial charge >= 0.3 is 0 Å². The van der Waals surface area contributed by atoms with Crippen LogP contribution in [0.25, 0.3) is 0 Å². The zero-order chi connectivity index (χ0) is 17.9. The van der Waals surface area contributed by atoms with E-state index in [0.717, 1.165) is 11.3 Å². The zero-order valence-electron chi connectivity index (χ0n) is 12.8. The molecule has 0 spiro atoms. The average Bonchev–Trinajstić information content (AvgIpc) is 2.97.